The van der Waals surface area contributed by atoms with Gasteiger partial charge < -0.3 is 9.84 Å². The van der Waals surface area contributed by atoms with Gasteiger partial charge >= 0.3 is 0 Å². The van der Waals surface area contributed by atoms with Gasteiger partial charge in [0.05, 0.1) is 18.2 Å². The Balaban J connectivity index is 1.85. The summed E-state index contributed by atoms with van der Waals surface area (Å²) in [6, 6.07) is 15.4. The van der Waals surface area contributed by atoms with Gasteiger partial charge in [-0.25, -0.2) is 0 Å². The number of aliphatic hydroxyl groups excluding tert-OH is 1. The highest BCUT2D eigenvalue weighted by atomic mass is 16.5. The second kappa shape index (κ2) is 9.51. The van der Waals surface area contributed by atoms with Crippen LogP contribution >= 0.6 is 0 Å². The third kappa shape index (κ3) is 4.31. The molecule has 6 heteroatoms. The van der Waals surface area contributed by atoms with E-state index in [1.165, 1.54) is 4.90 Å². The highest BCUT2D eigenvalue weighted by Gasteiger charge is 2.47. The maximum Gasteiger partial charge on any atom is 0.300 e. The Kier molecular flexibility index (Phi) is 6.50. The smallest absolute Gasteiger partial charge is 0.300 e. The van der Waals surface area contributed by atoms with Gasteiger partial charge in [0.15, 0.2) is 0 Å². The van der Waals surface area contributed by atoms with Crippen molar-refractivity contribution in [2.75, 3.05) is 11.5 Å². The lowest BCUT2D eigenvalue weighted by Crippen LogP contribution is -2.30. The van der Waals surface area contributed by atoms with Gasteiger partial charge in [-0.2, -0.15) is 0 Å². The van der Waals surface area contributed by atoms with Crippen LogP contribution in [0.15, 0.2) is 72.6 Å². The van der Waals surface area contributed by atoms with Gasteiger partial charge in [0, 0.05) is 23.6 Å². The van der Waals surface area contributed by atoms with E-state index in [1.54, 1.807) is 48.8 Å². The second-order valence-corrected chi connectivity index (χ2v) is 8.92. The van der Waals surface area contributed by atoms with Gasteiger partial charge in [-0.3, -0.25) is 19.5 Å². The average Bonchev–Trinajstić information content (AvgIpc) is 3.09. The van der Waals surface area contributed by atoms with E-state index < -0.39 is 17.7 Å². The van der Waals surface area contributed by atoms with Crippen molar-refractivity contribution in [1.82, 2.24) is 4.98 Å². The summed E-state index contributed by atoms with van der Waals surface area (Å²) in [7, 11) is 0. The fraction of sp³-hybridized carbons (Fsp3) is 0.250. The number of amides is 1. The zero-order valence-corrected chi connectivity index (χ0v) is 19.8. The lowest BCUT2D eigenvalue weighted by Gasteiger charge is -2.26. The molecule has 3 aromatic rings. The van der Waals surface area contributed by atoms with Crippen LogP contribution in [0, 0.1) is 19.8 Å². The highest BCUT2D eigenvalue weighted by molar-refractivity contribution is 6.51. The molecule has 1 N–H and O–H groups in total. The lowest BCUT2D eigenvalue weighted by atomic mass is 9.95. The fourth-order valence-corrected chi connectivity index (χ4v) is 4.15. The fourth-order valence-electron chi connectivity index (χ4n) is 4.15. The van der Waals surface area contributed by atoms with Crippen molar-refractivity contribution in [2.45, 2.75) is 33.7 Å². The van der Waals surface area contributed by atoms with Crippen molar-refractivity contribution in [3.63, 3.8) is 0 Å². The number of hydrogen-bond acceptors (Lipinski definition) is 5. The first-order valence-electron chi connectivity index (χ1n) is 11.3. The maximum absolute atomic E-state index is 13.3. The van der Waals surface area contributed by atoms with E-state index in [2.05, 4.69) is 18.8 Å². The number of carbonyl (C=O) groups is 2. The van der Waals surface area contributed by atoms with E-state index in [0.29, 0.717) is 29.3 Å². The van der Waals surface area contributed by atoms with Gasteiger partial charge in [-0.1, -0.05) is 32.0 Å². The SMILES string of the molecule is Cc1cc(/C(O)=C2/C(=O)C(=O)N(c3ccccc3C)C2c2ccncc2)ccc1OCC(C)C. The minimum absolute atomic E-state index is 0.0506. The summed E-state index contributed by atoms with van der Waals surface area (Å²) in [6.45, 7) is 8.50. The molecule has 4 rings (SSSR count). The zero-order valence-electron chi connectivity index (χ0n) is 19.8. The third-order valence-corrected chi connectivity index (χ3v) is 5.86. The van der Waals surface area contributed by atoms with Crippen LogP contribution in [0.3, 0.4) is 0 Å². The van der Waals surface area contributed by atoms with Crippen molar-refractivity contribution in [1.29, 1.82) is 0 Å². The molecule has 174 valence electrons. The quantitative estimate of drug-likeness (QED) is 0.307. The molecule has 0 saturated carbocycles. The van der Waals surface area contributed by atoms with Crippen LogP contribution in [0.25, 0.3) is 5.76 Å². The number of aromatic nitrogens is 1. The van der Waals surface area contributed by atoms with Crippen LogP contribution in [-0.4, -0.2) is 28.4 Å². The topological polar surface area (TPSA) is 79.7 Å². The maximum atomic E-state index is 13.3. The van der Waals surface area contributed by atoms with Gasteiger partial charge in [-0.05, 0) is 72.9 Å². The second-order valence-electron chi connectivity index (χ2n) is 8.92. The zero-order chi connectivity index (χ0) is 24.4. The summed E-state index contributed by atoms with van der Waals surface area (Å²) in [6.07, 6.45) is 3.22. The number of anilines is 1. The minimum atomic E-state index is -0.777. The standard InChI is InChI=1S/C28H28N2O4/c1-17(2)16-34-23-10-9-21(15-19(23)4)26(31)24-25(20-11-13-29-14-12-20)30(28(33)27(24)32)22-8-6-5-7-18(22)3/h5-15,17,25,31H,16H2,1-4H3/b26-24-. The Bertz CT molecular complexity index is 1260. The minimum Gasteiger partial charge on any atom is -0.507 e. The lowest BCUT2D eigenvalue weighted by molar-refractivity contribution is -0.132. The monoisotopic (exact) mass is 456 g/mol. The van der Waals surface area contributed by atoms with E-state index in [-0.39, 0.29) is 11.3 Å². The summed E-state index contributed by atoms with van der Waals surface area (Å²) in [4.78, 5) is 32.1. The Morgan fingerprint density at radius 2 is 1.74 bits per heavy atom. The molecule has 34 heavy (non-hydrogen) atoms. The number of ether oxygens (including phenoxy) is 1. The molecule has 1 aliphatic heterocycles. The molecule has 1 aliphatic rings. The Morgan fingerprint density at radius 3 is 2.38 bits per heavy atom. The molecule has 1 unspecified atom stereocenters. The van der Waals surface area contributed by atoms with Crippen LogP contribution in [0.2, 0.25) is 0 Å². The first-order valence-corrected chi connectivity index (χ1v) is 11.3. The number of carbonyl (C=O) groups excluding carboxylic acids is 2. The summed E-state index contributed by atoms with van der Waals surface area (Å²) >= 11 is 0. The van der Waals surface area contributed by atoms with E-state index in [1.807, 2.05) is 32.0 Å². The van der Waals surface area contributed by atoms with Gasteiger partial charge in [0.1, 0.15) is 11.5 Å². The van der Waals surface area contributed by atoms with Crippen LogP contribution in [0.1, 0.15) is 42.1 Å². The largest absolute Gasteiger partial charge is 0.507 e. The molecule has 6 nitrogen and oxygen atoms in total. The summed E-state index contributed by atoms with van der Waals surface area (Å²) < 4.78 is 5.84. The number of nitrogens with zero attached hydrogens (tertiary/aromatic N) is 2. The molecule has 2 aromatic carbocycles. The Hall–Kier alpha value is -3.93. The van der Waals surface area contributed by atoms with Crippen LogP contribution < -0.4 is 9.64 Å². The van der Waals surface area contributed by atoms with Crippen molar-refractivity contribution in [3.05, 3.63) is 94.8 Å². The molecule has 1 fully saturated rings. The predicted octanol–water partition coefficient (Wildman–Crippen LogP) is 5.36. The normalized spacial score (nSPS) is 17.4. The molecule has 0 radical (unpaired) electrons. The molecular weight excluding hydrogens is 428 g/mol. The molecule has 1 saturated heterocycles. The predicted molar refractivity (Wildman–Crippen MR) is 132 cm³/mol. The van der Waals surface area contributed by atoms with Crippen molar-refractivity contribution in [3.8, 4) is 5.75 Å². The van der Waals surface area contributed by atoms with Gasteiger partial charge in [0.25, 0.3) is 11.7 Å². The number of pyridine rings is 1. The molecule has 1 amide bonds. The molecule has 0 aliphatic carbocycles. The molecule has 0 spiro atoms. The van der Waals surface area contributed by atoms with Gasteiger partial charge in [0.2, 0.25) is 0 Å². The van der Waals surface area contributed by atoms with Gasteiger partial charge in [-0.15, -0.1) is 0 Å². The number of rotatable bonds is 6. The summed E-state index contributed by atoms with van der Waals surface area (Å²) in [5.41, 5.74) is 3.50. The first-order chi connectivity index (χ1) is 16.3. The number of aryl methyl sites for hydroxylation is 2. The van der Waals surface area contributed by atoms with E-state index in [0.717, 1.165) is 16.9 Å². The molecule has 1 aromatic heterocycles. The average molecular weight is 457 g/mol. The molecule has 1 atom stereocenters. The third-order valence-electron chi connectivity index (χ3n) is 5.86. The van der Waals surface area contributed by atoms with Crippen LogP contribution in [0.5, 0.6) is 5.75 Å². The summed E-state index contributed by atoms with van der Waals surface area (Å²) in [5.74, 6) is -0.511. The van der Waals surface area contributed by atoms with Crippen molar-refractivity contribution < 1.29 is 19.4 Å². The number of para-hydroxylation sites is 1. The van der Waals surface area contributed by atoms with E-state index >= 15 is 0 Å². The van der Waals surface area contributed by atoms with Crippen molar-refractivity contribution in [2.24, 2.45) is 5.92 Å². The Morgan fingerprint density at radius 1 is 1.03 bits per heavy atom. The van der Waals surface area contributed by atoms with E-state index in [9.17, 15) is 14.7 Å². The molecule has 2 heterocycles. The van der Waals surface area contributed by atoms with Crippen LogP contribution in [0.4, 0.5) is 5.69 Å². The Labute approximate surface area is 199 Å². The van der Waals surface area contributed by atoms with E-state index in [4.69, 9.17) is 4.74 Å². The summed E-state index contributed by atoms with van der Waals surface area (Å²) in [5, 5.41) is 11.3. The number of benzene rings is 2. The molecular formula is C28H28N2O4. The number of aliphatic hydroxyl groups is 1. The first kappa shape index (κ1) is 23.2. The number of hydrogen-bond donors (Lipinski definition) is 1. The highest BCUT2D eigenvalue weighted by Crippen LogP contribution is 2.43. The van der Waals surface area contributed by atoms with Crippen molar-refractivity contribution >= 4 is 23.1 Å². The number of Topliss-reactive ketones (excluding diaryl/α,β-unsaturated/α-hetero) is 1. The van der Waals surface area contributed by atoms with Crippen LogP contribution in [-0.2, 0) is 9.59 Å². The molecule has 0 bridgehead atoms. The number of ketones is 1.